The van der Waals surface area contributed by atoms with Gasteiger partial charge in [0.05, 0.1) is 12.3 Å². The highest BCUT2D eigenvalue weighted by molar-refractivity contribution is 5.00. The van der Waals surface area contributed by atoms with Crippen LogP contribution in [0, 0.1) is 5.92 Å². The third-order valence-electron chi connectivity index (χ3n) is 3.58. The van der Waals surface area contributed by atoms with E-state index in [4.69, 9.17) is 4.74 Å². The van der Waals surface area contributed by atoms with Gasteiger partial charge in [0.15, 0.2) is 0 Å². The predicted octanol–water partition coefficient (Wildman–Crippen LogP) is 2.66. The number of rotatable bonds is 10. The summed E-state index contributed by atoms with van der Waals surface area (Å²) in [6.07, 6.45) is 5.47. The van der Waals surface area contributed by atoms with Gasteiger partial charge in [-0.2, -0.15) is 5.10 Å². The molecule has 0 aromatic carbocycles. The molecular weight excluding hydrogens is 238 g/mol. The van der Waals surface area contributed by atoms with Crippen molar-refractivity contribution in [3.8, 4) is 0 Å². The molecule has 110 valence electrons. The Kier molecular flexibility index (Phi) is 7.75. The normalized spacial score (nSPS) is 14.5. The summed E-state index contributed by atoms with van der Waals surface area (Å²) >= 11 is 0. The second kappa shape index (κ2) is 9.10. The molecule has 4 heteroatoms. The van der Waals surface area contributed by atoms with Gasteiger partial charge in [0.1, 0.15) is 0 Å². The van der Waals surface area contributed by atoms with Gasteiger partial charge < -0.3 is 10.1 Å². The van der Waals surface area contributed by atoms with Crippen LogP contribution in [0.3, 0.4) is 0 Å². The number of nitrogens with one attached hydrogen (secondary N) is 1. The highest BCUT2D eigenvalue weighted by Gasteiger charge is 2.07. The Balaban J connectivity index is 2.22. The Morgan fingerprint density at radius 1 is 1.42 bits per heavy atom. The molecular formula is C15H29N3O. The molecule has 1 aromatic rings. The van der Waals surface area contributed by atoms with Gasteiger partial charge in [0.25, 0.3) is 0 Å². The van der Waals surface area contributed by atoms with Crippen molar-refractivity contribution < 1.29 is 4.74 Å². The highest BCUT2D eigenvalue weighted by atomic mass is 16.5. The first-order valence-electron chi connectivity index (χ1n) is 7.41. The van der Waals surface area contributed by atoms with Crippen molar-refractivity contribution in [2.45, 2.75) is 46.1 Å². The van der Waals surface area contributed by atoms with Crippen molar-refractivity contribution in [3.05, 3.63) is 18.0 Å². The first-order chi connectivity index (χ1) is 9.17. The summed E-state index contributed by atoms with van der Waals surface area (Å²) in [6, 6.07) is 2.65. The van der Waals surface area contributed by atoms with E-state index in [-0.39, 0.29) is 0 Å². The number of methoxy groups -OCH3 is 1. The molecule has 0 bridgehead atoms. The number of aryl methyl sites for hydroxylation is 1. The zero-order chi connectivity index (χ0) is 14.1. The summed E-state index contributed by atoms with van der Waals surface area (Å²) in [7, 11) is 1.73. The van der Waals surface area contributed by atoms with Crippen LogP contribution in [0.25, 0.3) is 0 Å². The smallest absolute Gasteiger partial charge is 0.0624 e. The molecule has 0 spiro atoms. The summed E-state index contributed by atoms with van der Waals surface area (Å²) < 4.78 is 7.09. The second-order valence-corrected chi connectivity index (χ2v) is 5.39. The molecule has 0 amide bonds. The first-order valence-corrected chi connectivity index (χ1v) is 7.41. The molecule has 0 aliphatic heterocycles. The van der Waals surface area contributed by atoms with Gasteiger partial charge in [-0.15, -0.1) is 0 Å². The van der Waals surface area contributed by atoms with Gasteiger partial charge in [0.2, 0.25) is 0 Å². The molecule has 0 aliphatic carbocycles. The van der Waals surface area contributed by atoms with Crippen molar-refractivity contribution >= 4 is 0 Å². The minimum Gasteiger partial charge on any atom is -0.383 e. The number of hydrogen-bond acceptors (Lipinski definition) is 3. The van der Waals surface area contributed by atoms with Crippen molar-refractivity contribution in [3.63, 3.8) is 0 Å². The van der Waals surface area contributed by atoms with Gasteiger partial charge in [-0.3, -0.25) is 4.68 Å². The van der Waals surface area contributed by atoms with Crippen molar-refractivity contribution in [1.82, 2.24) is 15.1 Å². The zero-order valence-corrected chi connectivity index (χ0v) is 12.9. The van der Waals surface area contributed by atoms with Crippen molar-refractivity contribution in [1.29, 1.82) is 0 Å². The minimum absolute atomic E-state index is 0.502. The highest BCUT2D eigenvalue weighted by Crippen LogP contribution is 2.12. The van der Waals surface area contributed by atoms with Gasteiger partial charge in [0, 0.05) is 25.9 Å². The van der Waals surface area contributed by atoms with E-state index in [1.54, 1.807) is 7.11 Å². The molecule has 2 atom stereocenters. The molecule has 19 heavy (non-hydrogen) atoms. The number of nitrogens with zero attached hydrogens (tertiary/aromatic N) is 2. The van der Waals surface area contributed by atoms with Crippen LogP contribution in [0.2, 0.25) is 0 Å². The predicted molar refractivity (Wildman–Crippen MR) is 79.5 cm³/mol. The quantitative estimate of drug-likeness (QED) is 0.662. The van der Waals surface area contributed by atoms with Crippen molar-refractivity contribution in [2.24, 2.45) is 5.92 Å². The third kappa shape index (κ3) is 6.21. The first kappa shape index (κ1) is 16.2. The van der Waals surface area contributed by atoms with E-state index in [9.17, 15) is 0 Å². The number of hydrogen-bond donors (Lipinski definition) is 1. The van der Waals surface area contributed by atoms with Gasteiger partial charge in [-0.25, -0.2) is 0 Å². The van der Waals surface area contributed by atoms with Crippen LogP contribution in [-0.2, 0) is 11.2 Å². The van der Waals surface area contributed by atoms with Crippen LogP contribution >= 0.6 is 0 Å². The summed E-state index contributed by atoms with van der Waals surface area (Å²) in [5, 5.41) is 8.04. The Bertz CT molecular complexity index is 338. The van der Waals surface area contributed by atoms with E-state index in [2.05, 4.69) is 48.1 Å². The molecule has 0 saturated heterocycles. The van der Waals surface area contributed by atoms with Crippen LogP contribution in [0.4, 0.5) is 0 Å². The molecule has 1 N–H and O–H groups in total. The zero-order valence-electron chi connectivity index (χ0n) is 12.9. The lowest BCUT2D eigenvalue weighted by Gasteiger charge is -2.12. The lowest BCUT2D eigenvalue weighted by Crippen LogP contribution is -2.25. The van der Waals surface area contributed by atoms with Crippen LogP contribution in [0.15, 0.2) is 12.3 Å². The fourth-order valence-corrected chi connectivity index (χ4v) is 1.96. The van der Waals surface area contributed by atoms with E-state index in [0.717, 1.165) is 32.5 Å². The largest absolute Gasteiger partial charge is 0.383 e. The van der Waals surface area contributed by atoms with Crippen molar-refractivity contribution in [2.75, 3.05) is 26.8 Å². The van der Waals surface area contributed by atoms with E-state index < -0.39 is 0 Å². The molecule has 1 rings (SSSR count). The van der Waals surface area contributed by atoms with Gasteiger partial charge in [-0.05, 0) is 44.7 Å². The molecule has 0 radical (unpaired) electrons. The molecule has 1 aromatic heterocycles. The maximum Gasteiger partial charge on any atom is 0.0624 e. The molecule has 1 heterocycles. The Morgan fingerprint density at radius 2 is 2.21 bits per heavy atom. The molecule has 0 fully saturated rings. The lowest BCUT2D eigenvalue weighted by molar-refractivity contribution is 0.198. The van der Waals surface area contributed by atoms with E-state index in [1.807, 2.05) is 0 Å². The second-order valence-electron chi connectivity index (χ2n) is 5.39. The van der Waals surface area contributed by atoms with Gasteiger partial charge >= 0.3 is 0 Å². The number of aromatic nitrogens is 2. The molecule has 0 aliphatic rings. The van der Waals surface area contributed by atoms with Crippen LogP contribution in [0.1, 0.15) is 45.3 Å². The molecule has 0 saturated carbocycles. The van der Waals surface area contributed by atoms with Crippen LogP contribution < -0.4 is 5.32 Å². The average Bonchev–Trinajstić information content (AvgIpc) is 2.89. The maximum absolute atomic E-state index is 5.01. The Hall–Kier alpha value is -0.870. The van der Waals surface area contributed by atoms with E-state index >= 15 is 0 Å². The third-order valence-corrected chi connectivity index (χ3v) is 3.58. The Morgan fingerprint density at radius 3 is 2.89 bits per heavy atom. The summed E-state index contributed by atoms with van der Waals surface area (Å²) in [5.41, 5.74) is 1.21. The molecule has 4 nitrogen and oxygen atoms in total. The summed E-state index contributed by atoms with van der Waals surface area (Å²) in [5.74, 6) is 0.672. The van der Waals surface area contributed by atoms with Crippen LogP contribution in [0.5, 0.6) is 0 Å². The lowest BCUT2D eigenvalue weighted by atomic mass is 10.0. The molecule has 2 unspecified atom stereocenters. The van der Waals surface area contributed by atoms with E-state index in [0.29, 0.717) is 12.0 Å². The maximum atomic E-state index is 5.01. The summed E-state index contributed by atoms with van der Waals surface area (Å²) in [6.45, 7) is 9.45. The fourth-order valence-electron chi connectivity index (χ4n) is 1.96. The monoisotopic (exact) mass is 267 g/mol. The SMILES string of the molecule is CCC(C)n1ccc(CCC(C)CNCCOC)n1. The fraction of sp³-hybridized carbons (Fsp3) is 0.800. The Labute approximate surface area is 117 Å². The summed E-state index contributed by atoms with van der Waals surface area (Å²) in [4.78, 5) is 0. The average molecular weight is 267 g/mol. The minimum atomic E-state index is 0.502. The topological polar surface area (TPSA) is 39.1 Å². The standard InChI is InChI=1S/C15H29N3O/c1-5-14(3)18-10-8-15(17-18)7-6-13(2)12-16-9-11-19-4/h8,10,13-14,16H,5-7,9,11-12H2,1-4H3. The van der Waals surface area contributed by atoms with Gasteiger partial charge in [-0.1, -0.05) is 13.8 Å². The number of ether oxygens (including phenoxy) is 1. The van der Waals surface area contributed by atoms with E-state index in [1.165, 1.54) is 12.1 Å². The van der Waals surface area contributed by atoms with Crippen LogP contribution in [-0.4, -0.2) is 36.6 Å².